The molecule has 5 atom stereocenters. The summed E-state index contributed by atoms with van der Waals surface area (Å²) >= 11 is 5.74. The summed E-state index contributed by atoms with van der Waals surface area (Å²) in [4.78, 5) is 24.8. The number of aromatic nitrogens is 4. The molecule has 1 aromatic carbocycles. The van der Waals surface area contributed by atoms with Gasteiger partial charge in [0, 0.05) is 5.92 Å². The van der Waals surface area contributed by atoms with Gasteiger partial charge in [-0.2, -0.15) is 9.97 Å². The third-order valence-electron chi connectivity index (χ3n) is 5.63. The van der Waals surface area contributed by atoms with Crippen LogP contribution < -0.4 is 20.1 Å². The maximum Gasteiger partial charge on any atom is 0.323 e. The number of benzene rings is 1. The average Bonchev–Trinajstić information content (AvgIpc) is 3.50. The number of hydrogen-bond acceptors (Lipinski definition) is 11. The number of anilines is 1. The molecule has 1 saturated heterocycles. The van der Waals surface area contributed by atoms with Gasteiger partial charge < -0.3 is 29.0 Å². The lowest BCUT2D eigenvalue weighted by Gasteiger charge is -2.27. The number of carbonyl (C=O) groups excluding carboxylic acids is 1. The predicted octanol–water partition coefficient (Wildman–Crippen LogP) is 3.06. The van der Waals surface area contributed by atoms with Crippen molar-refractivity contribution in [2.75, 3.05) is 26.6 Å². The maximum absolute atomic E-state index is 12.0. The molecule has 2 aromatic heterocycles. The number of para-hydroxylation sites is 1. The number of nitrogens with one attached hydrogen (secondary N) is 1. The minimum absolute atomic E-state index is 0.0798. The molecule has 1 aliphatic rings. The molecule has 38 heavy (non-hydrogen) atoms. The van der Waals surface area contributed by atoms with E-state index in [4.69, 9.17) is 40.8 Å². The van der Waals surface area contributed by atoms with Gasteiger partial charge in [0.25, 0.3) is 0 Å². The Hall–Kier alpha value is -3.27. The van der Waals surface area contributed by atoms with Crippen molar-refractivity contribution >= 4 is 41.5 Å². The Morgan fingerprint density at radius 1 is 1.32 bits per heavy atom. The summed E-state index contributed by atoms with van der Waals surface area (Å²) in [6, 6.07) is 8.33. The zero-order valence-electron chi connectivity index (χ0n) is 21.5. The standard InChI is InChI=1S/C22H29N6O6PS.C2H2/c1-13-10-16(33-20(13)28-12-24-17-18(28)25-22(23)26-19(17)30-3)11-32-35(36,27-14(2)21(29)31-4)34-15-8-6-5-7-9-15;1-2/h5-9,12-14,16,20H,10-11H2,1-4H3,(H,27,36)(H2,23,25,26);1-2H/t13-,14?,16-,20+,35?;/m0./s1. The van der Waals surface area contributed by atoms with Gasteiger partial charge in [-0.3, -0.25) is 9.36 Å². The van der Waals surface area contributed by atoms with Crippen LogP contribution >= 0.6 is 6.64 Å². The molecule has 0 bridgehead atoms. The molecule has 14 heteroatoms. The molecule has 0 aliphatic carbocycles. The number of rotatable bonds is 10. The lowest BCUT2D eigenvalue weighted by molar-refractivity contribution is -0.142. The minimum atomic E-state index is -3.14. The van der Waals surface area contributed by atoms with Crippen molar-refractivity contribution in [2.45, 2.75) is 38.6 Å². The molecule has 3 heterocycles. The van der Waals surface area contributed by atoms with E-state index in [0.29, 0.717) is 29.2 Å². The first-order valence-electron chi connectivity index (χ1n) is 11.6. The summed E-state index contributed by atoms with van der Waals surface area (Å²) in [5.41, 5.74) is 6.87. The largest absolute Gasteiger partial charge is 0.479 e. The molecule has 4 rings (SSSR count). The number of esters is 1. The van der Waals surface area contributed by atoms with Gasteiger partial charge in [-0.1, -0.05) is 25.1 Å². The van der Waals surface area contributed by atoms with Gasteiger partial charge in [-0.05, 0) is 37.3 Å². The fourth-order valence-electron chi connectivity index (χ4n) is 3.96. The maximum atomic E-state index is 12.0. The summed E-state index contributed by atoms with van der Waals surface area (Å²) in [6.07, 6.45) is 9.67. The molecule has 0 radical (unpaired) electrons. The van der Waals surface area contributed by atoms with Crippen molar-refractivity contribution < 1.29 is 28.1 Å². The quantitative estimate of drug-likeness (QED) is 0.213. The molecule has 1 fully saturated rings. The van der Waals surface area contributed by atoms with Gasteiger partial charge in [0.1, 0.15) is 18.0 Å². The van der Waals surface area contributed by atoms with E-state index in [0.717, 1.165) is 0 Å². The summed E-state index contributed by atoms with van der Waals surface area (Å²) < 4.78 is 30.4. The van der Waals surface area contributed by atoms with Crippen LogP contribution in [0.1, 0.15) is 26.5 Å². The number of nitrogen functional groups attached to an aromatic ring is 1. The zero-order valence-corrected chi connectivity index (χ0v) is 23.2. The first kappa shape index (κ1) is 29.3. The van der Waals surface area contributed by atoms with E-state index < -0.39 is 18.7 Å². The Balaban J connectivity index is 0.00000195. The van der Waals surface area contributed by atoms with E-state index >= 15 is 0 Å². The average molecular weight is 563 g/mol. The predicted molar refractivity (Wildman–Crippen MR) is 146 cm³/mol. The lowest BCUT2D eigenvalue weighted by atomic mass is 10.1. The number of nitrogens with two attached hydrogens (primary N) is 1. The summed E-state index contributed by atoms with van der Waals surface area (Å²) in [5, 5.41) is 3.00. The summed E-state index contributed by atoms with van der Waals surface area (Å²) in [5.74, 6) is 0.537. The highest BCUT2D eigenvalue weighted by molar-refractivity contribution is 8.09. The van der Waals surface area contributed by atoms with Crippen LogP contribution in [0.2, 0.25) is 0 Å². The number of hydrogen-bond donors (Lipinski definition) is 2. The molecule has 204 valence electrons. The topological polar surface area (TPSA) is 145 Å². The number of methoxy groups -OCH3 is 2. The van der Waals surface area contributed by atoms with Gasteiger partial charge in [0.05, 0.1) is 33.3 Å². The second-order valence-corrected chi connectivity index (χ2v) is 11.5. The summed E-state index contributed by atoms with van der Waals surface area (Å²) in [6.45, 7) is 0.710. The van der Waals surface area contributed by atoms with Crippen LogP contribution in [0.4, 0.5) is 5.95 Å². The molecule has 3 N–H and O–H groups in total. The van der Waals surface area contributed by atoms with Crippen LogP contribution in [0.3, 0.4) is 0 Å². The Bertz CT molecular complexity index is 1310. The number of ether oxygens (including phenoxy) is 3. The van der Waals surface area contributed by atoms with E-state index in [-0.39, 0.29) is 30.8 Å². The highest BCUT2D eigenvalue weighted by atomic mass is 32.5. The van der Waals surface area contributed by atoms with Crippen molar-refractivity contribution in [3.63, 3.8) is 0 Å². The Kier molecular flexibility index (Phi) is 10.0. The van der Waals surface area contributed by atoms with Crippen LogP contribution in [-0.2, 0) is 30.6 Å². The molecule has 2 unspecified atom stereocenters. The van der Waals surface area contributed by atoms with Gasteiger partial charge in [-0.15, -0.1) is 12.8 Å². The monoisotopic (exact) mass is 562 g/mol. The van der Waals surface area contributed by atoms with E-state index in [9.17, 15) is 4.79 Å². The van der Waals surface area contributed by atoms with Crippen LogP contribution in [0, 0.1) is 18.8 Å². The third kappa shape index (κ3) is 6.78. The molecule has 0 saturated carbocycles. The fraction of sp³-hybridized carbons (Fsp3) is 0.417. The Morgan fingerprint density at radius 2 is 2.03 bits per heavy atom. The first-order chi connectivity index (χ1) is 18.2. The van der Waals surface area contributed by atoms with Gasteiger partial charge >= 0.3 is 12.6 Å². The SMILES string of the molecule is C#C.COC(=O)C(C)NP(=S)(OC[C@@H]1C[C@H](C)[C@H](n2cnc3c(OC)nc(N)nc32)O1)Oc1ccccc1. The zero-order chi connectivity index (χ0) is 27.9. The van der Waals surface area contributed by atoms with Crippen molar-refractivity contribution in [2.24, 2.45) is 5.92 Å². The number of carbonyl (C=O) groups is 1. The normalized spacial score (nSPS) is 21.1. The van der Waals surface area contributed by atoms with E-state index in [2.05, 4.69) is 39.8 Å². The number of terminal acetylenes is 1. The molecule has 1 aliphatic heterocycles. The molecule has 0 amide bonds. The van der Waals surface area contributed by atoms with E-state index in [1.165, 1.54) is 14.2 Å². The van der Waals surface area contributed by atoms with Gasteiger partial charge in [0.2, 0.25) is 11.8 Å². The number of nitrogens with zero attached hydrogens (tertiary/aromatic N) is 4. The highest BCUT2D eigenvalue weighted by Crippen LogP contribution is 2.47. The molecular formula is C24H31N6O6PS. The second-order valence-electron chi connectivity index (χ2n) is 8.35. The third-order valence-corrected chi connectivity index (χ3v) is 8.13. The highest BCUT2D eigenvalue weighted by Gasteiger charge is 2.37. The second kappa shape index (κ2) is 13.0. The number of fused-ring (bicyclic) bond motifs is 1. The van der Waals surface area contributed by atoms with Crippen molar-refractivity contribution in [1.29, 1.82) is 0 Å². The fourth-order valence-corrected chi connectivity index (χ4v) is 6.39. The van der Waals surface area contributed by atoms with Crippen LogP contribution in [0.25, 0.3) is 11.2 Å². The minimum Gasteiger partial charge on any atom is -0.479 e. The van der Waals surface area contributed by atoms with Crippen molar-refractivity contribution in [3.05, 3.63) is 36.7 Å². The molecule has 3 aromatic rings. The van der Waals surface area contributed by atoms with Crippen molar-refractivity contribution in [1.82, 2.24) is 24.6 Å². The Labute approximate surface area is 226 Å². The van der Waals surface area contributed by atoms with Gasteiger partial charge in [0.15, 0.2) is 11.2 Å². The lowest BCUT2D eigenvalue weighted by Crippen LogP contribution is -2.35. The number of imidazole rings is 1. The smallest absolute Gasteiger partial charge is 0.323 e. The Morgan fingerprint density at radius 3 is 2.68 bits per heavy atom. The molecule has 0 spiro atoms. The summed E-state index contributed by atoms with van der Waals surface area (Å²) in [7, 11) is 2.81. The van der Waals surface area contributed by atoms with Crippen LogP contribution in [0.15, 0.2) is 36.7 Å². The van der Waals surface area contributed by atoms with Crippen molar-refractivity contribution in [3.8, 4) is 24.5 Å². The molecule has 12 nitrogen and oxygen atoms in total. The van der Waals surface area contributed by atoms with Gasteiger partial charge in [-0.25, -0.2) is 10.1 Å². The first-order valence-corrected chi connectivity index (χ1v) is 14.2. The van der Waals surface area contributed by atoms with E-state index in [1.54, 1.807) is 25.4 Å². The van der Waals surface area contributed by atoms with Crippen LogP contribution in [0.5, 0.6) is 11.6 Å². The van der Waals surface area contributed by atoms with Crippen LogP contribution in [-0.4, -0.2) is 58.5 Å². The van der Waals surface area contributed by atoms with E-state index in [1.807, 2.05) is 22.8 Å². The molecular weight excluding hydrogens is 531 g/mol.